The van der Waals surface area contributed by atoms with E-state index in [2.05, 4.69) is 0 Å². The number of benzene rings is 1. The van der Waals surface area contributed by atoms with Gasteiger partial charge in [-0.15, -0.1) is 4.48 Å². The summed E-state index contributed by atoms with van der Waals surface area (Å²) in [5.41, 5.74) is 2.46. The Bertz CT molecular complexity index is 420. The van der Waals surface area contributed by atoms with E-state index in [9.17, 15) is 17.7 Å². The number of rotatable bonds is 2. The lowest BCUT2D eigenvalue weighted by atomic mass is 10.3. The third-order valence-electron chi connectivity index (χ3n) is 1.36. The molecule has 6 nitrogen and oxygen atoms in total. The van der Waals surface area contributed by atoms with Gasteiger partial charge in [0.2, 0.25) is 0 Å². The van der Waals surface area contributed by atoms with Gasteiger partial charge in [0, 0.05) is 12.1 Å². The van der Waals surface area contributed by atoms with Crippen LogP contribution in [0.3, 0.4) is 0 Å². The highest BCUT2D eigenvalue weighted by Gasteiger charge is 2.09. The van der Waals surface area contributed by atoms with Crippen molar-refractivity contribution >= 4 is 17.6 Å². The van der Waals surface area contributed by atoms with Crippen LogP contribution in [0.5, 0.6) is 0 Å². The fourth-order valence-electron chi connectivity index (χ4n) is 0.682. The molecule has 10 heteroatoms. The van der Waals surface area contributed by atoms with Gasteiger partial charge in [0.15, 0.2) is 17.5 Å². The van der Waals surface area contributed by atoms with Crippen molar-refractivity contribution in [2.75, 3.05) is 5.43 Å². The highest BCUT2D eigenvalue weighted by atomic mass is 19.2. The van der Waals surface area contributed by atoms with Gasteiger partial charge in [0.25, 0.3) is 0 Å². The predicted octanol–water partition coefficient (Wildman–Crippen LogP) is 1.06. The van der Waals surface area contributed by atoms with Crippen molar-refractivity contribution in [1.29, 1.82) is 0 Å². The molecule has 0 amide bonds. The standard InChI is InChI=1S/C6H4F4N2.C2H2O4/c7-4-1-3(11-12-10)2-5(8)6(4)9;3-1(4)2(5)6/h1-2,11-12H;(H,3,4)(H,5,6). The second-order valence-corrected chi connectivity index (χ2v) is 2.58. The molecule has 0 radical (unpaired) electrons. The largest absolute Gasteiger partial charge is 0.473 e. The first-order valence-corrected chi connectivity index (χ1v) is 4.02. The monoisotopic (exact) mass is 270 g/mol. The number of carboxylic acid groups (broad SMARTS) is 2. The molecule has 0 aliphatic heterocycles. The maximum atomic E-state index is 12.4. The summed E-state index contributed by atoms with van der Waals surface area (Å²) >= 11 is 0. The first kappa shape index (κ1) is 15.6. The Kier molecular flexibility index (Phi) is 6.14. The molecule has 18 heavy (non-hydrogen) atoms. The maximum absolute atomic E-state index is 12.4. The molecule has 0 heterocycles. The van der Waals surface area contributed by atoms with Gasteiger partial charge in [-0.2, -0.15) is 0 Å². The molecule has 1 rings (SSSR count). The van der Waals surface area contributed by atoms with Crippen molar-refractivity contribution in [3.8, 4) is 0 Å². The Morgan fingerprint density at radius 2 is 1.39 bits per heavy atom. The number of nitrogens with one attached hydrogen (secondary N) is 2. The molecule has 1 aromatic carbocycles. The van der Waals surface area contributed by atoms with E-state index in [1.165, 1.54) is 0 Å². The molecule has 0 bridgehead atoms. The molecule has 0 fully saturated rings. The van der Waals surface area contributed by atoms with E-state index in [1.807, 2.05) is 0 Å². The molecule has 0 aromatic heterocycles. The maximum Gasteiger partial charge on any atom is 0.414 e. The smallest absolute Gasteiger partial charge is 0.414 e. The molecule has 0 saturated carbocycles. The van der Waals surface area contributed by atoms with Crippen LogP contribution in [0.25, 0.3) is 0 Å². The Labute approximate surface area is 96.7 Å². The van der Waals surface area contributed by atoms with Crippen molar-refractivity contribution in [3.63, 3.8) is 0 Å². The Hall–Kier alpha value is -2.36. The van der Waals surface area contributed by atoms with Crippen molar-refractivity contribution in [1.82, 2.24) is 5.65 Å². The average molecular weight is 270 g/mol. The summed E-state index contributed by atoms with van der Waals surface area (Å²) in [6.45, 7) is 0. The number of carboxylic acids is 2. The molecular weight excluding hydrogens is 264 g/mol. The fourth-order valence-corrected chi connectivity index (χ4v) is 0.682. The highest BCUT2D eigenvalue weighted by Crippen LogP contribution is 2.16. The van der Waals surface area contributed by atoms with Crippen LogP contribution in [0, 0.1) is 17.5 Å². The van der Waals surface area contributed by atoms with Crippen molar-refractivity contribution in [3.05, 3.63) is 29.6 Å². The summed E-state index contributed by atoms with van der Waals surface area (Å²) < 4.78 is 48.3. The summed E-state index contributed by atoms with van der Waals surface area (Å²) in [4.78, 5) is 18.2. The lowest BCUT2D eigenvalue weighted by Gasteiger charge is -2.02. The van der Waals surface area contributed by atoms with Crippen molar-refractivity contribution < 1.29 is 37.5 Å². The van der Waals surface area contributed by atoms with Crippen LogP contribution in [0.2, 0.25) is 0 Å². The van der Waals surface area contributed by atoms with E-state index < -0.39 is 29.4 Å². The first-order valence-electron chi connectivity index (χ1n) is 4.02. The summed E-state index contributed by atoms with van der Waals surface area (Å²) in [5, 5.41) is 14.8. The molecule has 0 atom stereocenters. The minimum atomic E-state index is -1.82. The quantitative estimate of drug-likeness (QED) is 0.211. The van der Waals surface area contributed by atoms with Gasteiger partial charge < -0.3 is 10.2 Å². The molecule has 0 aliphatic rings. The Morgan fingerprint density at radius 1 is 1.00 bits per heavy atom. The number of hydrazine groups is 1. The molecule has 0 spiro atoms. The van der Waals surface area contributed by atoms with E-state index in [4.69, 9.17) is 19.8 Å². The van der Waals surface area contributed by atoms with Gasteiger partial charge in [-0.25, -0.2) is 22.8 Å². The molecule has 4 N–H and O–H groups in total. The normalized spacial score (nSPS) is 9.11. The van der Waals surface area contributed by atoms with Crippen molar-refractivity contribution in [2.45, 2.75) is 0 Å². The van der Waals surface area contributed by atoms with E-state index in [1.54, 1.807) is 5.43 Å². The third-order valence-corrected chi connectivity index (χ3v) is 1.36. The predicted molar refractivity (Wildman–Crippen MR) is 49.5 cm³/mol. The number of hydrogen-bond acceptors (Lipinski definition) is 4. The summed E-state index contributed by atoms with van der Waals surface area (Å²) in [6, 6.07) is 1.23. The zero-order valence-corrected chi connectivity index (χ0v) is 8.38. The molecule has 1 aromatic rings. The fraction of sp³-hybridized carbons (Fsp3) is 0. The summed E-state index contributed by atoms with van der Waals surface area (Å²) in [7, 11) is 0. The van der Waals surface area contributed by atoms with Gasteiger partial charge in [-0.3, -0.25) is 5.43 Å². The Morgan fingerprint density at radius 3 is 1.67 bits per heavy atom. The van der Waals surface area contributed by atoms with E-state index in [0.717, 1.165) is 5.65 Å². The van der Waals surface area contributed by atoms with E-state index >= 15 is 0 Å². The van der Waals surface area contributed by atoms with Crippen LogP contribution in [0.1, 0.15) is 0 Å². The van der Waals surface area contributed by atoms with Crippen LogP contribution >= 0.6 is 0 Å². The molecule has 0 saturated heterocycles. The third kappa shape index (κ3) is 5.12. The zero-order chi connectivity index (χ0) is 14.3. The average Bonchev–Trinajstić information content (AvgIpc) is 2.27. The van der Waals surface area contributed by atoms with Gasteiger partial charge in [-0.05, 0) is 0 Å². The number of carbonyl (C=O) groups is 2. The van der Waals surface area contributed by atoms with Gasteiger partial charge in [0.05, 0.1) is 5.69 Å². The van der Waals surface area contributed by atoms with Crippen LogP contribution in [0.4, 0.5) is 23.3 Å². The minimum Gasteiger partial charge on any atom is -0.473 e. The SMILES string of the molecule is FNNc1cc(F)c(F)c(F)c1.O=C(O)C(=O)O. The van der Waals surface area contributed by atoms with E-state index in [-0.39, 0.29) is 5.69 Å². The topological polar surface area (TPSA) is 98.7 Å². The second kappa shape index (κ2) is 7.06. The van der Waals surface area contributed by atoms with E-state index in [0.29, 0.717) is 12.1 Å². The van der Waals surface area contributed by atoms with Crippen LogP contribution in [-0.4, -0.2) is 22.2 Å². The number of halogens is 4. The van der Waals surface area contributed by atoms with Gasteiger partial charge in [-0.1, -0.05) is 5.65 Å². The summed E-state index contributed by atoms with van der Waals surface area (Å²) in [6.07, 6.45) is 0. The first-order chi connectivity index (χ1) is 8.29. The van der Waals surface area contributed by atoms with Gasteiger partial charge in [0.1, 0.15) is 0 Å². The summed E-state index contributed by atoms with van der Waals surface area (Å²) in [5.74, 6) is -8.00. The second-order valence-electron chi connectivity index (χ2n) is 2.58. The van der Waals surface area contributed by atoms with Crippen molar-refractivity contribution in [2.24, 2.45) is 0 Å². The molecule has 0 aliphatic carbocycles. The lowest BCUT2D eigenvalue weighted by molar-refractivity contribution is -0.159. The van der Waals surface area contributed by atoms with Crippen LogP contribution < -0.4 is 11.1 Å². The minimum absolute atomic E-state index is 0.242. The zero-order valence-electron chi connectivity index (χ0n) is 8.38. The van der Waals surface area contributed by atoms with Crippen LogP contribution in [0.15, 0.2) is 12.1 Å². The Balaban J connectivity index is 0.000000411. The number of anilines is 1. The van der Waals surface area contributed by atoms with Gasteiger partial charge >= 0.3 is 11.9 Å². The molecule has 100 valence electrons. The molecular formula is C8H6F4N2O4. The highest BCUT2D eigenvalue weighted by molar-refractivity contribution is 6.27. The molecule has 0 unspecified atom stereocenters. The number of hydrogen-bond donors (Lipinski definition) is 4. The number of aliphatic carboxylic acids is 2. The lowest BCUT2D eigenvalue weighted by Crippen LogP contribution is -2.10. The van der Waals surface area contributed by atoms with Crippen LogP contribution in [-0.2, 0) is 9.59 Å².